The molecule has 6 heteroatoms. The van der Waals surface area contributed by atoms with E-state index in [1.165, 1.54) is 17.7 Å². The first-order valence-electron chi connectivity index (χ1n) is 8.63. The largest absolute Gasteiger partial charge is 0.457 e. The summed E-state index contributed by atoms with van der Waals surface area (Å²) >= 11 is 14.1. The highest BCUT2D eigenvalue weighted by Gasteiger charge is 2.17. The van der Waals surface area contributed by atoms with E-state index < -0.39 is 0 Å². The first kappa shape index (κ1) is 19.2. The van der Waals surface area contributed by atoms with Crippen molar-refractivity contribution in [2.24, 2.45) is 0 Å². The monoisotopic (exact) mass is 431 g/mol. The van der Waals surface area contributed by atoms with Gasteiger partial charge in [-0.15, -0.1) is 11.8 Å². The van der Waals surface area contributed by atoms with Crippen LogP contribution in [-0.2, 0) is 6.54 Å². The lowest BCUT2D eigenvalue weighted by Gasteiger charge is -2.14. The van der Waals surface area contributed by atoms with Crippen molar-refractivity contribution in [1.29, 1.82) is 0 Å². The van der Waals surface area contributed by atoms with Gasteiger partial charge in [0, 0.05) is 28.2 Å². The predicted octanol–water partition coefficient (Wildman–Crippen LogP) is 7.43. The highest BCUT2D eigenvalue weighted by Crippen LogP contribution is 2.39. The second kappa shape index (κ2) is 8.48. The SMILES string of the molecule is Fc1ccc(Oc2ccc(CN3C=C(c4ccc(Cl)cc4Cl)SC3)cc2)cc1. The van der Waals surface area contributed by atoms with Crippen LogP contribution in [0.25, 0.3) is 4.91 Å². The van der Waals surface area contributed by atoms with Gasteiger partial charge >= 0.3 is 0 Å². The molecule has 28 heavy (non-hydrogen) atoms. The summed E-state index contributed by atoms with van der Waals surface area (Å²) in [4.78, 5) is 3.37. The number of benzene rings is 3. The third-order valence-corrected chi connectivity index (χ3v) is 5.89. The Bertz CT molecular complexity index is 1010. The fourth-order valence-electron chi connectivity index (χ4n) is 2.86. The zero-order valence-electron chi connectivity index (χ0n) is 14.7. The fourth-order valence-corrected chi connectivity index (χ4v) is 4.45. The molecule has 0 saturated heterocycles. The fraction of sp³-hybridized carbons (Fsp3) is 0.0909. The molecule has 1 aliphatic rings. The predicted molar refractivity (Wildman–Crippen MR) is 115 cm³/mol. The van der Waals surface area contributed by atoms with Crippen LogP contribution in [0, 0.1) is 5.82 Å². The van der Waals surface area contributed by atoms with Gasteiger partial charge in [-0.2, -0.15) is 0 Å². The average Bonchev–Trinajstić information content (AvgIpc) is 3.13. The molecule has 0 fully saturated rings. The molecule has 4 rings (SSSR count). The number of ether oxygens (including phenoxy) is 1. The minimum Gasteiger partial charge on any atom is -0.457 e. The highest BCUT2D eigenvalue weighted by molar-refractivity contribution is 8.08. The van der Waals surface area contributed by atoms with Gasteiger partial charge in [0.2, 0.25) is 0 Å². The molecular formula is C22H16Cl2FNOS. The summed E-state index contributed by atoms with van der Waals surface area (Å²) in [6.45, 7) is 0.790. The summed E-state index contributed by atoms with van der Waals surface area (Å²) in [5.41, 5.74) is 2.17. The maximum Gasteiger partial charge on any atom is 0.127 e. The van der Waals surface area contributed by atoms with Crippen molar-refractivity contribution < 1.29 is 9.13 Å². The van der Waals surface area contributed by atoms with Gasteiger partial charge < -0.3 is 9.64 Å². The van der Waals surface area contributed by atoms with E-state index in [9.17, 15) is 4.39 Å². The summed E-state index contributed by atoms with van der Waals surface area (Å²) in [5.74, 6) is 1.91. The summed E-state index contributed by atoms with van der Waals surface area (Å²) in [6.07, 6.45) is 2.13. The Hall–Kier alpha value is -2.14. The Labute approximate surface area is 177 Å². The minimum absolute atomic E-state index is 0.279. The second-order valence-electron chi connectivity index (χ2n) is 6.34. The molecule has 1 aliphatic heterocycles. The van der Waals surface area contributed by atoms with Gasteiger partial charge in [-0.1, -0.05) is 41.4 Å². The average molecular weight is 432 g/mol. The first-order chi connectivity index (χ1) is 13.6. The molecule has 0 aromatic heterocycles. The molecule has 0 saturated carbocycles. The lowest BCUT2D eigenvalue weighted by Crippen LogP contribution is -2.12. The van der Waals surface area contributed by atoms with Crippen molar-refractivity contribution in [1.82, 2.24) is 4.90 Å². The molecule has 0 spiro atoms. The lowest BCUT2D eigenvalue weighted by atomic mass is 10.2. The van der Waals surface area contributed by atoms with Crippen molar-refractivity contribution >= 4 is 39.9 Å². The van der Waals surface area contributed by atoms with Gasteiger partial charge in [-0.05, 0) is 54.1 Å². The number of hydrogen-bond acceptors (Lipinski definition) is 3. The van der Waals surface area contributed by atoms with Gasteiger partial charge in [0.25, 0.3) is 0 Å². The molecule has 3 aromatic rings. The summed E-state index contributed by atoms with van der Waals surface area (Å²) in [5, 5.41) is 1.30. The molecule has 3 aromatic carbocycles. The van der Waals surface area contributed by atoms with Crippen molar-refractivity contribution in [2.75, 3.05) is 5.88 Å². The Balaban J connectivity index is 1.40. The van der Waals surface area contributed by atoms with Crippen molar-refractivity contribution in [3.63, 3.8) is 0 Å². The molecule has 142 valence electrons. The maximum absolute atomic E-state index is 13.0. The topological polar surface area (TPSA) is 12.5 Å². The molecule has 0 unspecified atom stereocenters. The third kappa shape index (κ3) is 4.64. The van der Waals surface area contributed by atoms with E-state index in [2.05, 4.69) is 11.1 Å². The molecule has 0 atom stereocenters. The smallest absolute Gasteiger partial charge is 0.127 e. The van der Waals surface area contributed by atoms with Crippen LogP contribution in [0.5, 0.6) is 11.5 Å². The Morgan fingerprint density at radius 1 is 0.929 bits per heavy atom. The first-order valence-corrected chi connectivity index (χ1v) is 10.4. The van der Waals surface area contributed by atoms with E-state index in [1.54, 1.807) is 30.0 Å². The summed E-state index contributed by atoms with van der Waals surface area (Å²) in [7, 11) is 0. The molecule has 2 nitrogen and oxygen atoms in total. The number of nitrogens with zero attached hydrogens (tertiary/aromatic N) is 1. The molecule has 0 bridgehead atoms. The van der Waals surface area contributed by atoms with E-state index in [1.807, 2.05) is 36.4 Å². The van der Waals surface area contributed by atoms with Crippen LogP contribution >= 0.6 is 35.0 Å². The maximum atomic E-state index is 13.0. The quantitative estimate of drug-likeness (QED) is 0.416. The Morgan fingerprint density at radius 2 is 1.61 bits per heavy atom. The third-order valence-electron chi connectivity index (χ3n) is 4.24. The summed E-state index contributed by atoms with van der Waals surface area (Å²) in [6, 6.07) is 19.5. The van der Waals surface area contributed by atoms with E-state index in [0.29, 0.717) is 15.8 Å². The van der Waals surface area contributed by atoms with Crippen molar-refractivity contribution in [2.45, 2.75) is 6.54 Å². The number of hydrogen-bond donors (Lipinski definition) is 0. The second-order valence-corrected chi connectivity index (χ2v) is 8.17. The molecule has 0 N–H and O–H groups in total. The van der Waals surface area contributed by atoms with Gasteiger partial charge in [-0.25, -0.2) is 4.39 Å². The summed E-state index contributed by atoms with van der Waals surface area (Å²) < 4.78 is 18.7. The Morgan fingerprint density at radius 3 is 2.29 bits per heavy atom. The van der Waals surface area contributed by atoms with Gasteiger partial charge in [0.15, 0.2) is 0 Å². The molecule has 0 radical (unpaired) electrons. The standard InChI is InChI=1S/C22H16Cl2FNOS/c23-16-3-10-20(21(24)11-16)22-13-26(14-28-22)12-15-1-6-18(7-2-15)27-19-8-4-17(25)5-9-19/h1-11,13H,12,14H2. The Kier molecular flexibility index (Phi) is 5.81. The van der Waals surface area contributed by atoms with Gasteiger partial charge in [0.1, 0.15) is 17.3 Å². The van der Waals surface area contributed by atoms with Crippen LogP contribution in [0.2, 0.25) is 10.0 Å². The van der Waals surface area contributed by atoms with Crippen LogP contribution < -0.4 is 4.74 Å². The lowest BCUT2D eigenvalue weighted by molar-refractivity contribution is 0.440. The molecule has 0 amide bonds. The van der Waals surface area contributed by atoms with Crippen LogP contribution in [0.15, 0.2) is 72.9 Å². The van der Waals surface area contributed by atoms with Crippen LogP contribution in [0.3, 0.4) is 0 Å². The van der Waals surface area contributed by atoms with E-state index in [-0.39, 0.29) is 5.82 Å². The minimum atomic E-state index is -0.279. The zero-order valence-corrected chi connectivity index (χ0v) is 17.1. The van der Waals surface area contributed by atoms with Crippen molar-refractivity contribution in [3.05, 3.63) is 99.9 Å². The van der Waals surface area contributed by atoms with Crippen LogP contribution in [0.1, 0.15) is 11.1 Å². The zero-order chi connectivity index (χ0) is 19.5. The van der Waals surface area contributed by atoms with E-state index in [0.717, 1.165) is 28.6 Å². The number of rotatable bonds is 5. The van der Waals surface area contributed by atoms with E-state index in [4.69, 9.17) is 27.9 Å². The van der Waals surface area contributed by atoms with Crippen LogP contribution in [0.4, 0.5) is 4.39 Å². The molecule has 0 aliphatic carbocycles. The molecular weight excluding hydrogens is 416 g/mol. The van der Waals surface area contributed by atoms with Crippen molar-refractivity contribution in [3.8, 4) is 11.5 Å². The van der Waals surface area contributed by atoms with Gasteiger partial charge in [0.05, 0.1) is 10.9 Å². The highest BCUT2D eigenvalue weighted by atomic mass is 35.5. The normalized spacial score (nSPS) is 13.5. The molecule has 1 heterocycles. The van der Waals surface area contributed by atoms with Crippen LogP contribution in [-0.4, -0.2) is 10.8 Å². The van der Waals surface area contributed by atoms with E-state index >= 15 is 0 Å². The number of halogens is 3. The van der Waals surface area contributed by atoms with Gasteiger partial charge in [-0.3, -0.25) is 0 Å². The number of thioether (sulfide) groups is 1.